The predicted molar refractivity (Wildman–Crippen MR) is 83.5 cm³/mol. The van der Waals surface area contributed by atoms with Gasteiger partial charge in [-0.25, -0.2) is 4.39 Å². The summed E-state index contributed by atoms with van der Waals surface area (Å²) in [7, 11) is 0. The highest BCUT2D eigenvalue weighted by Crippen LogP contribution is 2.35. The van der Waals surface area contributed by atoms with Crippen LogP contribution in [0.5, 0.6) is 0 Å². The SMILES string of the molecule is O=C(Nc1ccsc1-c1ccc(F)cc1)c1c[nH]cc1C(F)(F)F. The minimum absolute atomic E-state index is 0.367. The standard InChI is InChI=1S/C16H10F4N2OS/c17-10-3-1-9(2-4-10)14-13(5-6-24-14)22-15(23)11-7-21-8-12(11)16(18,19)20/h1-8,21H,(H,22,23). The van der Waals surface area contributed by atoms with Crippen molar-refractivity contribution in [2.45, 2.75) is 6.18 Å². The Morgan fingerprint density at radius 3 is 2.46 bits per heavy atom. The fourth-order valence-electron chi connectivity index (χ4n) is 2.21. The Hall–Kier alpha value is -2.61. The van der Waals surface area contributed by atoms with Gasteiger partial charge in [-0.05, 0) is 29.1 Å². The van der Waals surface area contributed by atoms with Crippen molar-refractivity contribution < 1.29 is 22.4 Å². The molecule has 8 heteroatoms. The lowest BCUT2D eigenvalue weighted by molar-refractivity contribution is -0.137. The Labute approximate surface area is 137 Å². The van der Waals surface area contributed by atoms with Crippen LogP contribution in [0.1, 0.15) is 15.9 Å². The van der Waals surface area contributed by atoms with Gasteiger partial charge in [-0.15, -0.1) is 11.3 Å². The van der Waals surface area contributed by atoms with Crippen LogP contribution in [0.25, 0.3) is 10.4 Å². The largest absolute Gasteiger partial charge is 0.418 e. The minimum Gasteiger partial charge on any atom is -0.366 e. The molecule has 124 valence electrons. The summed E-state index contributed by atoms with van der Waals surface area (Å²) in [5.41, 5.74) is -0.491. The Morgan fingerprint density at radius 2 is 1.79 bits per heavy atom. The number of alkyl halides is 3. The molecule has 1 aromatic carbocycles. The maximum Gasteiger partial charge on any atom is 0.418 e. The summed E-state index contributed by atoms with van der Waals surface area (Å²) in [6, 6.07) is 7.20. The van der Waals surface area contributed by atoms with Gasteiger partial charge in [-0.1, -0.05) is 12.1 Å². The number of carbonyl (C=O) groups excluding carboxylic acids is 1. The zero-order chi connectivity index (χ0) is 17.3. The quantitative estimate of drug-likeness (QED) is 0.628. The molecule has 2 N–H and O–H groups in total. The highest BCUT2D eigenvalue weighted by atomic mass is 32.1. The van der Waals surface area contributed by atoms with Gasteiger partial charge in [0, 0.05) is 12.4 Å². The normalized spacial score (nSPS) is 11.5. The lowest BCUT2D eigenvalue weighted by Gasteiger charge is -2.09. The number of carbonyl (C=O) groups is 1. The van der Waals surface area contributed by atoms with Crippen LogP contribution in [-0.4, -0.2) is 10.9 Å². The summed E-state index contributed by atoms with van der Waals surface area (Å²) in [6.45, 7) is 0. The molecule has 2 aromatic heterocycles. The maximum absolute atomic E-state index is 13.0. The third-order valence-corrected chi connectivity index (χ3v) is 4.28. The molecule has 0 aliphatic carbocycles. The van der Waals surface area contributed by atoms with E-state index in [1.165, 1.54) is 35.6 Å². The summed E-state index contributed by atoms with van der Waals surface area (Å²) in [6.07, 6.45) is -2.88. The van der Waals surface area contributed by atoms with E-state index < -0.39 is 29.0 Å². The van der Waals surface area contributed by atoms with Gasteiger partial charge in [0.1, 0.15) is 5.82 Å². The van der Waals surface area contributed by atoms with Crippen molar-refractivity contribution in [3.63, 3.8) is 0 Å². The van der Waals surface area contributed by atoms with Gasteiger partial charge in [0.05, 0.1) is 21.7 Å². The molecular formula is C16H10F4N2OS. The molecule has 0 spiro atoms. The van der Waals surface area contributed by atoms with E-state index in [0.29, 0.717) is 16.1 Å². The molecule has 0 aliphatic heterocycles. The van der Waals surface area contributed by atoms with Crippen molar-refractivity contribution in [1.29, 1.82) is 0 Å². The first-order valence-electron chi connectivity index (χ1n) is 6.75. The molecule has 3 aromatic rings. The van der Waals surface area contributed by atoms with E-state index in [4.69, 9.17) is 0 Å². The molecule has 0 bridgehead atoms. The van der Waals surface area contributed by atoms with Crippen molar-refractivity contribution in [2.75, 3.05) is 5.32 Å². The molecule has 1 amide bonds. The molecule has 0 saturated heterocycles. The number of amides is 1. The summed E-state index contributed by atoms with van der Waals surface area (Å²) in [5, 5.41) is 4.17. The lowest BCUT2D eigenvalue weighted by atomic mass is 10.1. The Kier molecular flexibility index (Phi) is 4.15. The summed E-state index contributed by atoms with van der Waals surface area (Å²) in [4.78, 5) is 15.1. The number of aromatic amines is 1. The van der Waals surface area contributed by atoms with E-state index in [1.807, 2.05) is 0 Å². The molecule has 24 heavy (non-hydrogen) atoms. The van der Waals surface area contributed by atoms with Crippen LogP contribution in [0.3, 0.4) is 0 Å². The van der Waals surface area contributed by atoms with Crippen molar-refractivity contribution in [3.8, 4) is 10.4 Å². The first kappa shape index (κ1) is 16.3. The van der Waals surface area contributed by atoms with Crippen LogP contribution >= 0.6 is 11.3 Å². The summed E-state index contributed by atoms with van der Waals surface area (Å²) >= 11 is 1.29. The molecule has 0 fully saturated rings. The number of anilines is 1. The number of hydrogen-bond donors (Lipinski definition) is 2. The van der Waals surface area contributed by atoms with Gasteiger partial charge in [0.25, 0.3) is 5.91 Å². The van der Waals surface area contributed by atoms with Crippen LogP contribution < -0.4 is 5.32 Å². The topological polar surface area (TPSA) is 44.9 Å². The Balaban J connectivity index is 1.88. The van der Waals surface area contributed by atoms with Crippen molar-refractivity contribution in [1.82, 2.24) is 4.98 Å². The maximum atomic E-state index is 13.0. The number of rotatable bonds is 3. The first-order chi connectivity index (χ1) is 11.4. The van der Waals surface area contributed by atoms with Crippen LogP contribution in [0, 0.1) is 5.82 Å². The van der Waals surface area contributed by atoms with Crippen LogP contribution in [0.2, 0.25) is 0 Å². The lowest BCUT2D eigenvalue weighted by Crippen LogP contribution is -2.16. The number of nitrogens with one attached hydrogen (secondary N) is 2. The zero-order valence-electron chi connectivity index (χ0n) is 11.9. The van der Waals surface area contributed by atoms with Gasteiger partial charge < -0.3 is 10.3 Å². The number of H-pyrrole nitrogens is 1. The van der Waals surface area contributed by atoms with E-state index in [-0.39, 0.29) is 0 Å². The van der Waals surface area contributed by atoms with Gasteiger partial charge in [0.2, 0.25) is 0 Å². The second-order valence-electron chi connectivity index (χ2n) is 4.90. The molecule has 3 nitrogen and oxygen atoms in total. The highest BCUT2D eigenvalue weighted by Gasteiger charge is 2.36. The smallest absolute Gasteiger partial charge is 0.366 e. The average Bonchev–Trinajstić information content (AvgIpc) is 3.16. The Bertz CT molecular complexity index is 865. The van der Waals surface area contributed by atoms with E-state index in [2.05, 4.69) is 10.3 Å². The van der Waals surface area contributed by atoms with Gasteiger partial charge >= 0.3 is 6.18 Å². The van der Waals surface area contributed by atoms with E-state index >= 15 is 0 Å². The minimum atomic E-state index is -4.62. The van der Waals surface area contributed by atoms with Gasteiger partial charge in [-0.2, -0.15) is 13.2 Å². The second-order valence-corrected chi connectivity index (χ2v) is 5.82. The zero-order valence-corrected chi connectivity index (χ0v) is 12.8. The fraction of sp³-hybridized carbons (Fsp3) is 0.0625. The number of thiophene rings is 1. The molecule has 0 unspecified atom stereocenters. The van der Waals surface area contributed by atoms with Gasteiger partial charge in [-0.3, -0.25) is 4.79 Å². The number of aromatic nitrogens is 1. The van der Waals surface area contributed by atoms with Crippen molar-refractivity contribution >= 4 is 22.9 Å². The molecule has 2 heterocycles. The second kappa shape index (κ2) is 6.12. The molecule has 0 radical (unpaired) electrons. The fourth-order valence-corrected chi connectivity index (χ4v) is 3.07. The number of benzene rings is 1. The van der Waals surface area contributed by atoms with Crippen molar-refractivity contribution in [2.24, 2.45) is 0 Å². The third-order valence-electron chi connectivity index (χ3n) is 3.32. The monoisotopic (exact) mass is 354 g/mol. The van der Waals surface area contributed by atoms with Crippen LogP contribution in [0.15, 0.2) is 48.1 Å². The highest BCUT2D eigenvalue weighted by molar-refractivity contribution is 7.14. The number of halogens is 4. The third kappa shape index (κ3) is 3.18. The van der Waals surface area contributed by atoms with E-state index in [9.17, 15) is 22.4 Å². The van der Waals surface area contributed by atoms with Crippen LogP contribution in [0.4, 0.5) is 23.2 Å². The predicted octanol–water partition coefficient (Wildman–Crippen LogP) is 5.15. The first-order valence-corrected chi connectivity index (χ1v) is 7.63. The summed E-state index contributed by atoms with van der Waals surface area (Å²) in [5.74, 6) is -1.27. The molecular weight excluding hydrogens is 344 g/mol. The van der Waals surface area contributed by atoms with E-state index in [1.54, 1.807) is 11.4 Å². The molecule has 0 saturated carbocycles. The molecule has 3 rings (SSSR count). The number of hydrogen-bond acceptors (Lipinski definition) is 2. The van der Waals surface area contributed by atoms with Crippen LogP contribution in [-0.2, 0) is 6.18 Å². The molecule has 0 aliphatic rings. The van der Waals surface area contributed by atoms with Crippen molar-refractivity contribution in [3.05, 3.63) is 65.0 Å². The Morgan fingerprint density at radius 1 is 1.08 bits per heavy atom. The molecule has 0 atom stereocenters. The summed E-state index contributed by atoms with van der Waals surface area (Å²) < 4.78 is 51.6. The average molecular weight is 354 g/mol. The van der Waals surface area contributed by atoms with E-state index in [0.717, 1.165) is 12.4 Å². The van der Waals surface area contributed by atoms with Gasteiger partial charge in [0.15, 0.2) is 0 Å².